The van der Waals surface area contributed by atoms with Crippen molar-refractivity contribution in [1.29, 1.82) is 0 Å². The summed E-state index contributed by atoms with van der Waals surface area (Å²) in [4.78, 5) is 40.9. The quantitative estimate of drug-likeness (QED) is 0.756. The first-order valence-corrected chi connectivity index (χ1v) is 9.33. The maximum absolute atomic E-state index is 12.9. The Bertz CT molecular complexity index is 688. The van der Waals surface area contributed by atoms with E-state index in [-0.39, 0.29) is 30.1 Å². The average molecular weight is 358 g/mol. The summed E-state index contributed by atoms with van der Waals surface area (Å²) in [6.45, 7) is 1.85. The first kappa shape index (κ1) is 18.4. The SMILES string of the molecule is COc1ccccc1C(=O)[C@H]1CCCN(C(=O)CN2CCCCC2=O)C1. The second kappa shape index (κ2) is 8.34. The predicted octanol–water partition coefficient (Wildman–Crippen LogP) is 2.13. The summed E-state index contributed by atoms with van der Waals surface area (Å²) in [5.74, 6) is 0.371. The Morgan fingerprint density at radius 3 is 2.73 bits per heavy atom. The molecule has 1 aromatic rings. The minimum atomic E-state index is -0.221. The molecule has 0 aromatic heterocycles. The van der Waals surface area contributed by atoms with Crippen LogP contribution in [0, 0.1) is 5.92 Å². The molecule has 0 spiro atoms. The monoisotopic (exact) mass is 358 g/mol. The van der Waals surface area contributed by atoms with E-state index in [0.717, 1.165) is 25.7 Å². The van der Waals surface area contributed by atoms with Crippen LogP contribution in [0.5, 0.6) is 5.75 Å². The number of amides is 2. The number of benzene rings is 1. The smallest absolute Gasteiger partial charge is 0.242 e. The van der Waals surface area contributed by atoms with E-state index in [1.54, 1.807) is 29.0 Å². The molecule has 0 saturated carbocycles. The number of piperidine rings is 2. The van der Waals surface area contributed by atoms with Crippen LogP contribution in [0.4, 0.5) is 0 Å². The van der Waals surface area contributed by atoms with E-state index in [9.17, 15) is 14.4 Å². The van der Waals surface area contributed by atoms with Gasteiger partial charge in [0, 0.05) is 32.0 Å². The van der Waals surface area contributed by atoms with Gasteiger partial charge in [-0.3, -0.25) is 14.4 Å². The van der Waals surface area contributed by atoms with E-state index in [0.29, 0.717) is 37.4 Å². The largest absolute Gasteiger partial charge is 0.496 e. The lowest BCUT2D eigenvalue weighted by molar-refractivity contribution is -0.142. The summed E-state index contributed by atoms with van der Waals surface area (Å²) in [5.41, 5.74) is 0.570. The molecule has 2 amide bonds. The lowest BCUT2D eigenvalue weighted by Crippen LogP contribution is -2.48. The molecule has 0 aliphatic carbocycles. The van der Waals surface area contributed by atoms with Crippen LogP contribution in [0.3, 0.4) is 0 Å². The van der Waals surface area contributed by atoms with E-state index in [1.807, 2.05) is 12.1 Å². The fourth-order valence-corrected chi connectivity index (χ4v) is 3.78. The molecule has 2 aliphatic rings. The highest BCUT2D eigenvalue weighted by molar-refractivity contribution is 6.00. The van der Waals surface area contributed by atoms with Crippen molar-refractivity contribution in [2.45, 2.75) is 32.1 Å². The maximum Gasteiger partial charge on any atom is 0.242 e. The molecule has 2 heterocycles. The maximum atomic E-state index is 12.9. The summed E-state index contributed by atoms with van der Waals surface area (Å²) in [6.07, 6.45) is 3.95. The first-order valence-electron chi connectivity index (χ1n) is 9.33. The number of hydrogen-bond donors (Lipinski definition) is 0. The number of carbonyl (C=O) groups excluding carboxylic acids is 3. The second-order valence-corrected chi connectivity index (χ2v) is 7.02. The Morgan fingerprint density at radius 2 is 1.96 bits per heavy atom. The van der Waals surface area contributed by atoms with Crippen LogP contribution in [-0.2, 0) is 9.59 Å². The molecule has 0 unspecified atom stereocenters. The van der Waals surface area contributed by atoms with Crippen molar-refractivity contribution in [3.8, 4) is 5.75 Å². The molecule has 6 nitrogen and oxygen atoms in total. The number of likely N-dealkylation sites (tertiary alicyclic amines) is 2. The second-order valence-electron chi connectivity index (χ2n) is 7.02. The average Bonchev–Trinajstić information content (AvgIpc) is 2.69. The number of nitrogens with zero attached hydrogens (tertiary/aromatic N) is 2. The highest BCUT2D eigenvalue weighted by Gasteiger charge is 2.31. The Kier molecular flexibility index (Phi) is 5.91. The number of ketones is 1. The summed E-state index contributed by atoms with van der Waals surface area (Å²) >= 11 is 0. The number of hydrogen-bond acceptors (Lipinski definition) is 4. The van der Waals surface area contributed by atoms with Crippen molar-refractivity contribution in [1.82, 2.24) is 9.80 Å². The molecule has 1 aromatic carbocycles. The van der Waals surface area contributed by atoms with Crippen LogP contribution in [0.15, 0.2) is 24.3 Å². The lowest BCUT2D eigenvalue weighted by atomic mass is 9.89. The van der Waals surface area contributed by atoms with Gasteiger partial charge in [0.1, 0.15) is 5.75 Å². The van der Waals surface area contributed by atoms with Gasteiger partial charge in [0.2, 0.25) is 11.8 Å². The number of Topliss-reactive ketones (excluding diaryl/α,β-unsaturated/α-hetero) is 1. The van der Waals surface area contributed by atoms with Crippen molar-refractivity contribution in [3.05, 3.63) is 29.8 Å². The standard InChI is InChI=1S/C20H26N2O4/c1-26-17-9-3-2-8-16(17)20(25)15-7-6-12-21(13-15)19(24)14-22-11-5-4-10-18(22)23/h2-3,8-9,15H,4-7,10-14H2,1H3/t15-/m0/s1. The van der Waals surface area contributed by atoms with Gasteiger partial charge in [0.25, 0.3) is 0 Å². The van der Waals surface area contributed by atoms with Crippen molar-refractivity contribution < 1.29 is 19.1 Å². The third kappa shape index (κ3) is 4.06. The molecule has 0 N–H and O–H groups in total. The zero-order valence-electron chi connectivity index (χ0n) is 15.3. The Labute approximate surface area is 154 Å². The van der Waals surface area contributed by atoms with Crippen LogP contribution in [0.25, 0.3) is 0 Å². The number of rotatable bonds is 5. The molecular weight excluding hydrogens is 332 g/mol. The molecule has 2 fully saturated rings. The zero-order chi connectivity index (χ0) is 18.5. The van der Waals surface area contributed by atoms with Crippen molar-refractivity contribution >= 4 is 17.6 Å². The summed E-state index contributed by atoms with van der Waals surface area (Å²) in [7, 11) is 1.55. The number of para-hydroxylation sites is 1. The summed E-state index contributed by atoms with van der Waals surface area (Å²) in [6, 6.07) is 7.21. The topological polar surface area (TPSA) is 66.9 Å². The van der Waals surface area contributed by atoms with Gasteiger partial charge < -0.3 is 14.5 Å². The number of carbonyl (C=O) groups is 3. The minimum absolute atomic E-state index is 0.0222. The van der Waals surface area contributed by atoms with E-state index in [2.05, 4.69) is 0 Å². The van der Waals surface area contributed by atoms with Crippen molar-refractivity contribution in [2.24, 2.45) is 5.92 Å². The van der Waals surface area contributed by atoms with E-state index in [4.69, 9.17) is 4.74 Å². The molecule has 6 heteroatoms. The third-order valence-electron chi connectivity index (χ3n) is 5.26. The van der Waals surface area contributed by atoms with E-state index >= 15 is 0 Å². The lowest BCUT2D eigenvalue weighted by Gasteiger charge is -2.34. The van der Waals surface area contributed by atoms with E-state index in [1.165, 1.54) is 0 Å². The van der Waals surface area contributed by atoms with Gasteiger partial charge in [-0.1, -0.05) is 12.1 Å². The molecule has 140 valence electrons. The van der Waals surface area contributed by atoms with Crippen LogP contribution < -0.4 is 4.74 Å². The molecule has 0 radical (unpaired) electrons. The van der Waals surface area contributed by atoms with Crippen LogP contribution in [0.2, 0.25) is 0 Å². The highest BCUT2D eigenvalue weighted by Crippen LogP contribution is 2.26. The minimum Gasteiger partial charge on any atom is -0.496 e. The number of methoxy groups -OCH3 is 1. The summed E-state index contributed by atoms with van der Waals surface area (Å²) < 4.78 is 5.30. The van der Waals surface area contributed by atoms with Gasteiger partial charge in [0.15, 0.2) is 5.78 Å². The van der Waals surface area contributed by atoms with Gasteiger partial charge in [-0.25, -0.2) is 0 Å². The van der Waals surface area contributed by atoms with Gasteiger partial charge in [-0.05, 0) is 37.8 Å². The molecule has 1 atom stereocenters. The van der Waals surface area contributed by atoms with Gasteiger partial charge in [-0.2, -0.15) is 0 Å². The van der Waals surface area contributed by atoms with Crippen LogP contribution >= 0.6 is 0 Å². The highest BCUT2D eigenvalue weighted by atomic mass is 16.5. The van der Waals surface area contributed by atoms with Crippen LogP contribution in [0.1, 0.15) is 42.5 Å². The normalized spacial score (nSPS) is 20.8. The Morgan fingerprint density at radius 1 is 1.15 bits per heavy atom. The fourth-order valence-electron chi connectivity index (χ4n) is 3.78. The van der Waals surface area contributed by atoms with Gasteiger partial charge >= 0.3 is 0 Å². The molecule has 3 rings (SSSR count). The predicted molar refractivity (Wildman–Crippen MR) is 97.1 cm³/mol. The molecule has 26 heavy (non-hydrogen) atoms. The van der Waals surface area contributed by atoms with Crippen molar-refractivity contribution in [2.75, 3.05) is 33.3 Å². The molecule has 2 saturated heterocycles. The Balaban J connectivity index is 1.64. The first-order chi connectivity index (χ1) is 12.6. The van der Waals surface area contributed by atoms with Crippen molar-refractivity contribution in [3.63, 3.8) is 0 Å². The molecule has 2 aliphatic heterocycles. The Hall–Kier alpha value is -2.37. The van der Waals surface area contributed by atoms with E-state index < -0.39 is 0 Å². The van der Waals surface area contributed by atoms with Gasteiger partial charge in [0.05, 0.1) is 19.2 Å². The summed E-state index contributed by atoms with van der Waals surface area (Å²) in [5, 5.41) is 0. The van der Waals surface area contributed by atoms with Crippen LogP contribution in [-0.4, -0.2) is 60.7 Å². The molecular formula is C20H26N2O4. The fraction of sp³-hybridized carbons (Fsp3) is 0.550. The number of ether oxygens (including phenoxy) is 1. The third-order valence-corrected chi connectivity index (χ3v) is 5.26. The van der Waals surface area contributed by atoms with Gasteiger partial charge in [-0.15, -0.1) is 0 Å². The molecule has 0 bridgehead atoms. The zero-order valence-corrected chi connectivity index (χ0v) is 15.3.